The van der Waals surface area contributed by atoms with Crippen molar-refractivity contribution in [1.82, 2.24) is 9.66 Å². The van der Waals surface area contributed by atoms with Crippen LogP contribution in [0.4, 0.5) is 10.1 Å². The van der Waals surface area contributed by atoms with E-state index in [2.05, 4.69) is 26.3 Å². The summed E-state index contributed by atoms with van der Waals surface area (Å²) < 4.78 is 26.2. The fourth-order valence-corrected chi connectivity index (χ4v) is 4.02. The lowest BCUT2D eigenvalue weighted by molar-refractivity contribution is -0.118. The Morgan fingerprint density at radius 2 is 1.92 bits per heavy atom. The predicted molar refractivity (Wildman–Crippen MR) is 149 cm³/mol. The second kappa shape index (κ2) is 12.0. The molecule has 0 aliphatic heterocycles. The number of fused-ring (bicyclic) bond motifs is 1. The fraction of sp³-hybridized carbons (Fsp3) is 0.214. The summed E-state index contributed by atoms with van der Waals surface area (Å²) in [5, 5.41) is 7.57. The van der Waals surface area contributed by atoms with Crippen LogP contribution in [0.1, 0.15) is 37.6 Å². The molecule has 38 heavy (non-hydrogen) atoms. The maximum Gasteiger partial charge on any atom is 0.282 e. The minimum absolute atomic E-state index is 0.0132. The maximum absolute atomic E-state index is 13.3. The molecule has 3 aromatic carbocycles. The van der Waals surface area contributed by atoms with Gasteiger partial charge in [-0.3, -0.25) is 9.59 Å². The molecule has 0 aliphatic carbocycles. The largest absolute Gasteiger partial charge is 0.493 e. The molecule has 0 unspecified atom stereocenters. The Balaban J connectivity index is 1.55. The molecule has 4 aromatic rings. The molecule has 10 heteroatoms. The summed E-state index contributed by atoms with van der Waals surface area (Å²) in [6, 6.07) is 15.9. The molecule has 1 amide bonds. The molecule has 1 N–H and O–H groups in total. The predicted octanol–water partition coefficient (Wildman–Crippen LogP) is 5.72. The first-order valence-electron chi connectivity index (χ1n) is 11.9. The SMILES string of the molecule is CC[C@H](C)c1nc2ccc(Br)cc2c(=O)n1N=Cc1ccc(OCC(=O)Nc2ccc(F)cc2)c(OC)c1. The number of carbonyl (C=O) groups is 1. The van der Waals surface area contributed by atoms with Crippen molar-refractivity contribution in [1.29, 1.82) is 0 Å². The Labute approximate surface area is 227 Å². The number of nitrogens with zero attached hydrogens (tertiary/aromatic N) is 3. The van der Waals surface area contributed by atoms with E-state index in [-0.39, 0.29) is 18.1 Å². The summed E-state index contributed by atoms with van der Waals surface area (Å²) in [7, 11) is 1.48. The first kappa shape index (κ1) is 27.0. The quantitative estimate of drug-likeness (QED) is 0.255. The minimum Gasteiger partial charge on any atom is -0.493 e. The van der Waals surface area contributed by atoms with Crippen LogP contribution in [0, 0.1) is 5.82 Å². The van der Waals surface area contributed by atoms with Crippen LogP contribution in [0.25, 0.3) is 10.9 Å². The van der Waals surface area contributed by atoms with Crippen molar-refractivity contribution in [3.05, 3.63) is 92.7 Å². The lowest BCUT2D eigenvalue weighted by atomic mass is 10.1. The number of carbonyl (C=O) groups excluding carboxylic acids is 1. The van der Waals surface area contributed by atoms with Gasteiger partial charge in [0.25, 0.3) is 11.5 Å². The third kappa shape index (κ3) is 6.25. The molecule has 0 spiro atoms. The number of aromatic nitrogens is 2. The summed E-state index contributed by atoms with van der Waals surface area (Å²) in [5.41, 5.74) is 1.47. The third-order valence-electron chi connectivity index (χ3n) is 5.88. The Hall–Kier alpha value is -4.05. The van der Waals surface area contributed by atoms with E-state index >= 15 is 0 Å². The van der Waals surface area contributed by atoms with Gasteiger partial charge in [0.1, 0.15) is 11.6 Å². The highest BCUT2D eigenvalue weighted by Gasteiger charge is 2.16. The Kier molecular flexibility index (Phi) is 8.52. The van der Waals surface area contributed by atoms with Crippen molar-refractivity contribution in [2.24, 2.45) is 5.10 Å². The van der Waals surface area contributed by atoms with Crippen molar-refractivity contribution in [3.63, 3.8) is 0 Å². The molecule has 1 heterocycles. The second-order valence-electron chi connectivity index (χ2n) is 8.56. The lowest BCUT2D eigenvalue weighted by Gasteiger charge is -2.14. The Bertz CT molecular complexity index is 1550. The molecule has 0 saturated carbocycles. The molecule has 8 nitrogen and oxygen atoms in total. The van der Waals surface area contributed by atoms with Gasteiger partial charge < -0.3 is 14.8 Å². The number of halogens is 2. The highest BCUT2D eigenvalue weighted by molar-refractivity contribution is 9.10. The normalized spacial score (nSPS) is 12.0. The number of rotatable bonds is 9. The van der Waals surface area contributed by atoms with Crippen molar-refractivity contribution < 1.29 is 18.7 Å². The number of hydrogen-bond acceptors (Lipinski definition) is 6. The van der Waals surface area contributed by atoms with E-state index in [0.717, 1.165) is 10.9 Å². The monoisotopic (exact) mass is 580 g/mol. The van der Waals surface area contributed by atoms with E-state index in [1.165, 1.54) is 36.1 Å². The summed E-state index contributed by atoms with van der Waals surface area (Å²) in [5.74, 6) is 0.532. The standard InChI is InChI=1S/C28H26BrFN4O4/c1-4-17(2)27-33-23-11-6-19(29)14-22(23)28(36)34(27)31-15-18-5-12-24(25(13-18)37-3)38-16-26(35)32-21-9-7-20(30)8-10-21/h5-15,17H,4,16H2,1-3H3,(H,32,35)/t17-/m0/s1. The van der Waals surface area contributed by atoms with E-state index in [0.29, 0.717) is 39.5 Å². The number of amides is 1. The van der Waals surface area contributed by atoms with Gasteiger partial charge in [0, 0.05) is 16.1 Å². The van der Waals surface area contributed by atoms with Crippen molar-refractivity contribution >= 4 is 44.6 Å². The number of methoxy groups -OCH3 is 1. The molecular weight excluding hydrogens is 555 g/mol. The van der Waals surface area contributed by atoms with Crippen molar-refractivity contribution in [2.45, 2.75) is 26.2 Å². The van der Waals surface area contributed by atoms with E-state index in [4.69, 9.17) is 14.5 Å². The van der Waals surface area contributed by atoms with Gasteiger partial charge in [-0.05, 0) is 72.6 Å². The summed E-state index contributed by atoms with van der Waals surface area (Å²) in [4.78, 5) is 30.2. The number of ether oxygens (including phenoxy) is 2. The number of anilines is 1. The van der Waals surface area contributed by atoms with Crippen LogP contribution in [0.3, 0.4) is 0 Å². The summed E-state index contributed by atoms with van der Waals surface area (Å²) in [6.07, 6.45) is 2.34. The number of nitrogens with one attached hydrogen (secondary N) is 1. The zero-order valence-electron chi connectivity index (χ0n) is 21.1. The first-order chi connectivity index (χ1) is 18.3. The van der Waals surface area contributed by atoms with Gasteiger partial charge in [-0.15, -0.1) is 0 Å². The smallest absolute Gasteiger partial charge is 0.282 e. The minimum atomic E-state index is -0.406. The van der Waals surface area contributed by atoms with Gasteiger partial charge in [0.2, 0.25) is 0 Å². The van der Waals surface area contributed by atoms with E-state index in [1.807, 2.05) is 26.0 Å². The molecule has 0 radical (unpaired) electrons. The van der Waals surface area contributed by atoms with Gasteiger partial charge in [0.05, 0.1) is 24.2 Å². The van der Waals surface area contributed by atoms with Gasteiger partial charge >= 0.3 is 0 Å². The molecule has 0 bridgehead atoms. The lowest BCUT2D eigenvalue weighted by Crippen LogP contribution is -2.23. The van der Waals surface area contributed by atoms with Crippen LogP contribution in [0.2, 0.25) is 0 Å². The molecule has 1 atom stereocenters. The highest BCUT2D eigenvalue weighted by atomic mass is 79.9. The van der Waals surface area contributed by atoms with Crippen LogP contribution in [0.15, 0.2) is 75.0 Å². The fourth-order valence-electron chi connectivity index (χ4n) is 3.66. The Morgan fingerprint density at radius 1 is 1.16 bits per heavy atom. The van der Waals surface area contributed by atoms with Gasteiger partial charge in [-0.1, -0.05) is 29.8 Å². The molecule has 0 saturated heterocycles. The number of benzene rings is 3. The molecule has 196 valence electrons. The average Bonchev–Trinajstić information content (AvgIpc) is 2.92. The number of hydrogen-bond donors (Lipinski definition) is 1. The summed E-state index contributed by atoms with van der Waals surface area (Å²) in [6.45, 7) is 3.76. The van der Waals surface area contributed by atoms with Gasteiger partial charge in [-0.2, -0.15) is 9.78 Å². The van der Waals surface area contributed by atoms with Crippen LogP contribution < -0.4 is 20.3 Å². The second-order valence-corrected chi connectivity index (χ2v) is 9.47. The summed E-state index contributed by atoms with van der Waals surface area (Å²) >= 11 is 3.41. The Morgan fingerprint density at radius 3 is 2.63 bits per heavy atom. The molecule has 0 fully saturated rings. The van der Waals surface area contributed by atoms with Gasteiger partial charge in [-0.25, -0.2) is 9.37 Å². The average molecular weight is 581 g/mol. The van der Waals surface area contributed by atoms with Crippen LogP contribution in [-0.4, -0.2) is 35.5 Å². The topological polar surface area (TPSA) is 94.8 Å². The van der Waals surface area contributed by atoms with Crippen molar-refractivity contribution in [3.8, 4) is 11.5 Å². The molecule has 4 rings (SSSR count). The van der Waals surface area contributed by atoms with E-state index < -0.39 is 11.7 Å². The first-order valence-corrected chi connectivity index (χ1v) is 12.7. The third-order valence-corrected chi connectivity index (χ3v) is 6.38. The molecular formula is C28H26BrFN4O4. The van der Waals surface area contributed by atoms with E-state index in [9.17, 15) is 14.0 Å². The zero-order valence-corrected chi connectivity index (χ0v) is 22.7. The van der Waals surface area contributed by atoms with Crippen LogP contribution >= 0.6 is 15.9 Å². The van der Waals surface area contributed by atoms with Gasteiger partial charge in [0.15, 0.2) is 18.1 Å². The van der Waals surface area contributed by atoms with Crippen LogP contribution in [0.5, 0.6) is 11.5 Å². The maximum atomic E-state index is 13.3. The molecule has 1 aromatic heterocycles. The van der Waals surface area contributed by atoms with Crippen LogP contribution in [-0.2, 0) is 4.79 Å². The highest BCUT2D eigenvalue weighted by Crippen LogP contribution is 2.28. The molecule has 0 aliphatic rings. The van der Waals surface area contributed by atoms with E-state index in [1.54, 1.807) is 30.5 Å². The van der Waals surface area contributed by atoms with Crippen molar-refractivity contribution in [2.75, 3.05) is 19.0 Å². The zero-order chi connectivity index (χ0) is 27.2.